The van der Waals surface area contributed by atoms with E-state index in [4.69, 9.17) is 4.98 Å². The minimum absolute atomic E-state index is 0.0934. The highest BCUT2D eigenvalue weighted by Gasteiger charge is 2.40. The maximum Gasteiger partial charge on any atom is 0.389 e. The largest absolute Gasteiger partial charge is 0.389 e. The Hall–Kier alpha value is -3.57. The van der Waals surface area contributed by atoms with Gasteiger partial charge in [0.15, 0.2) is 5.65 Å². The van der Waals surface area contributed by atoms with Gasteiger partial charge in [0.1, 0.15) is 0 Å². The highest BCUT2D eigenvalue weighted by molar-refractivity contribution is 5.94. The zero-order valence-electron chi connectivity index (χ0n) is 23.5. The fraction of sp³-hybridized carbons (Fsp3) is 0.548. The molecule has 0 aliphatic heterocycles. The van der Waals surface area contributed by atoms with E-state index in [0.29, 0.717) is 28.4 Å². The number of carbonyl (C=O) groups excluding carboxylic acids is 2. The number of nitrogens with zero attached hydrogens (tertiary/aromatic N) is 3. The molecule has 0 spiro atoms. The standard InChI is InChI=1S/C31H34F5N5O2/c32-30(33)11-8-20(9-12-30)28(40-29(43)22-3-1-2-21(14-22)18-4-5-18)24-17-41-25(38-24)15-23(16-37-41)27(19-6-7-19)39-26(42)10-13-31(34,35)36/h1-3,14-20,27-28H,4-13H2,(H,39,42)(H,40,43)/t27?,28-/m0/s1. The van der Waals surface area contributed by atoms with Crippen LogP contribution in [-0.4, -0.2) is 38.5 Å². The second-order valence-corrected chi connectivity index (χ2v) is 12.3. The summed E-state index contributed by atoms with van der Waals surface area (Å²) in [4.78, 5) is 30.5. The third-order valence-electron chi connectivity index (χ3n) is 8.80. The van der Waals surface area contributed by atoms with Crippen LogP contribution in [0.2, 0.25) is 0 Å². The minimum atomic E-state index is -4.42. The Morgan fingerprint density at radius 1 is 0.977 bits per heavy atom. The van der Waals surface area contributed by atoms with Gasteiger partial charge in [-0.2, -0.15) is 18.3 Å². The van der Waals surface area contributed by atoms with Crippen molar-refractivity contribution in [1.82, 2.24) is 25.2 Å². The molecule has 12 heteroatoms. The molecule has 3 fully saturated rings. The van der Waals surface area contributed by atoms with Crippen LogP contribution in [0.3, 0.4) is 0 Å². The average Bonchev–Trinajstić information content (AvgIpc) is 3.90. The number of nitrogens with one attached hydrogen (secondary N) is 2. The summed E-state index contributed by atoms with van der Waals surface area (Å²) in [5.74, 6) is -3.41. The number of halogens is 5. The van der Waals surface area contributed by atoms with Crippen molar-refractivity contribution in [2.24, 2.45) is 11.8 Å². The van der Waals surface area contributed by atoms with Gasteiger partial charge in [0.2, 0.25) is 11.8 Å². The van der Waals surface area contributed by atoms with Crippen LogP contribution in [0.1, 0.15) is 109 Å². The third kappa shape index (κ3) is 7.33. The molecule has 2 atom stereocenters. The second-order valence-electron chi connectivity index (χ2n) is 12.3. The van der Waals surface area contributed by atoms with Crippen LogP contribution in [0.4, 0.5) is 22.0 Å². The molecule has 2 amide bonds. The first kappa shape index (κ1) is 29.5. The summed E-state index contributed by atoms with van der Waals surface area (Å²) in [5.41, 5.74) is 3.17. The number of amides is 2. The molecule has 3 saturated carbocycles. The van der Waals surface area contributed by atoms with Gasteiger partial charge in [0.05, 0.1) is 36.6 Å². The summed E-state index contributed by atoms with van der Waals surface area (Å²) in [6.07, 6.45) is 0.730. The van der Waals surface area contributed by atoms with Crippen molar-refractivity contribution in [2.75, 3.05) is 0 Å². The van der Waals surface area contributed by atoms with E-state index in [1.165, 1.54) is 4.52 Å². The summed E-state index contributed by atoms with van der Waals surface area (Å²) < 4.78 is 67.5. The normalized spacial score (nSPS) is 20.5. The van der Waals surface area contributed by atoms with Gasteiger partial charge < -0.3 is 10.6 Å². The quantitative estimate of drug-likeness (QED) is 0.249. The molecule has 1 aromatic carbocycles. The monoisotopic (exact) mass is 603 g/mol. The fourth-order valence-electron chi connectivity index (χ4n) is 6.04. The highest BCUT2D eigenvalue weighted by atomic mass is 19.4. The van der Waals surface area contributed by atoms with Gasteiger partial charge >= 0.3 is 6.18 Å². The SMILES string of the molecule is O=C(CCC(F)(F)F)NC(c1cnn2cc([C@@H](NC(=O)c3cccc(C4CC4)c3)C3CCC(F)(F)CC3)nc2c1)C1CC1. The number of imidazole rings is 1. The molecule has 0 saturated heterocycles. The number of hydrogen-bond donors (Lipinski definition) is 2. The van der Waals surface area contributed by atoms with Crippen molar-refractivity contribution in [1.29, 1.82) is 0 Å². The van der Waals surface area contributed by atoms with Crippen molar-refractivity contribution >= 4 is 17.5 Å². The molecule has 3 aliphatic rings. The van der Waals surface area contributed by atoms with Gasteiger partial charge in [0.25, 0.3) is 5.91 Å². The van der Waals surface area contributed by atoms with Crippen LogP contribution in [0.5, 0.6) is 0 Å². The smallest absolute Gasteiger partial charge is 0.349 e. The Balaban J connectivity index is 1.24. The van der Waals surface area contributed by atoms with Crippen molar-refractivity contribution in [3.63, 3.8) is 0 Å². The summed E-state index contributed by atoms with van der Waals surface area (Å²) >= 11 is 0. The van der Waals surface area contributed by atoms with Crippen LogP contribution in [-0.2, 0) is 4.79 Å². The topological polar surface area (TPSA) is 88.4 Å². The number of rotatable bonds is 10. The summed E-state index contributed by atoms with van der Waals surface area (Å²) in [5, 5.41) is 10.3. The zero-order chi connectivity index (χ0) is 30.4. The Bertz CT molecular complexity index is 1490. The molecular formula is C31H34F5N5O2. The molecule has 2 N–H and O–H groups in total. The molecule has 6 rings (SSSR count). The van der Waals surface area contributed by atoms with Crippen LogP contribution in [0, 0.1) is 11.8 Å². The molecule has 230 valence electrons. The van der Waals surface area contributed by atoms with E-state index in [1.54, 1.807) is 24.5 Å². The van der Waals surface area contributed by atoms with Crippen molar-refractivity contribution in [3.05, 3.63) is 65.1 Å². The van der Waals surface area contributed by atoms with Gasteiger partial charge in [-0.15, -0.1) is 0 Å². The number of alkyl halides is 5. The van der Waals surface area contributed by atoms with Gasteiger partial charge in [-0.05, 0) is 85.6 Å². The summed E-state index contributed by atoms with van der Waals surface area (Å²) in [6.45, 7) is 0. The predicted molar refractivity (Wildman–Crippen MR) is 147 cm³/mol. The molecule has 7 nitrogen and oxygen atoms in total. The fourth-order valence-corrected chi connectivity index (χ4v) is 6.04. The molecule has 2 heterocycles. The van der Waals surface area contributed by atoms with E-state index >= 15 is 0 Å². The van der Waals surface area contributed by atoms with E-state index in [2.05, 4.69) is 15.7 Å². The number of hydrogen-bond acceptors (Lipinski definition) is 4. The molecule has 1 unspecified atom stereocenters. The highest BCUT2D eigenvalue weighted by Crippen LogP contribution is 2.43. The lowest BCUT2D eigenvalue weighted by atomic mass is 9.81. The molecule has 3 aromatic rings. The molecule has 0 bridgehead atoms. The first-order chi connectivity index (χ1) is 20.4. The lowest BCUT2D eigenvalue weighted by Crippen LogP contribution is -2.37. The first-order valence-corrected chi connectivity index (χ1v) is 14.9. The summed E-state index contributed by atoms with van der Waals surface area (Å²) in [6, 6.07) is 8.11. The number of benzene rings is 1. The lowest BCUT2D eigenvalue weighted by molar-refractivity contribution is -0.144. The predicted octanol–water partition coefficient (Wildman–Crippen LogP) is 6.81. The Morgan fingerprint density at radius 3 is 2.37 bits per heavy atom. The van der Waals surface area contributed by atoms with Gasteiger partial charge in [-0.3, -0.25) is 9.59 Å². The zero-order valence-corrected chi connectivity index (χ0v) is 23.5. The van der Waals surface area contributed by atoms with E-state index < -0.39 is 42.9 Å². The van der Waals surface area contributed by atoms with E-state index in [9.17, 15) is 31.5 Å². The Labute approximate surface area is 245 Å². The minimum Gasteiger partial charge on any atom is -0.349 e. The summed E-state index contributed by atoms with van der Waals surface area (Å²) in [7, 11) is 0. The van der Waals surface area contributed by atoms with Crippen LogP contribution >= 0.6 is 0 Å². The maximum atomic E-state index is 14.0. The molecule has 0 radical (unpaired) electrons. The van der Waals surface area contributed by atoms with Gasteiger partial charge in [-0.1, -0.05) is 12.1 Å². The Morgan fingerprint density at radius 2 is 1.70 bits per heavy atom. The van der Waals surface area contributed by atoms with E-state index in [0.717, 1.165) is 31.2 Å². The molecular weight excluding hydrogens is 569 g/mol. The van der Waals surface area contributed by atoms with E-state index in [-0.39, 0.29) is 43.4 Å². The van der Waals surface area contributed by atoms with Crippen LogP contribution in [0.15, 0.2) is 42.7 Å². The molecule has 43 heavy (non-hydrogen) atoms. The van der Waals surface area contributed by atoms with Crippen molar-refractivity contribution < 1.29 is 31.5 Å². The maximum absolute atomic E-state index is 14.0. The van der Waals surface area contributed by atoms with E-state index in [1.807, 2.05) is 18.2 Å². The van der Waals surface area contributed by atoms with Crippen LogP contribution < -0.4 is 10.6 Å². The lowest BCUT2D eigenvalue weighted by Gasteiger charge is -2.33. The first-order valence-electron chi connectivity index (χ1n) is 14.9. The van der Waals surface area contributed by atoms with Crippen LogP contribution in [0.25, 0.3) is 5.65 Å². The number of fused-ring (bicyclic) bond motifs is 1. The average molecular weight is 604 g/mol. The Kier molecular flexibility index (Phi) is 7.89. The number of aromatic nitrogens is 3. The number of carbonyl (C=O) groups is 2. The third-order valence-corrected chi connectivity index (χ3v) is 8.80. The molecule has 2 aromatic heterocycles. The van der Waals surface area contributed by atoms with Gasteiger partial charge in [-0.25, -0.2) is 18.3 Å². The van der Waals surface area contributed by atoms with Crippen molar-refractivity contribution in [2.45, 2.75) is 94.3 Å². The van der Waals surface area contributed by atoms with Gasteiger partial charge in [0, 0.05) is 24.8 Å². The van der Waals surface area contributed by atoms with Crippen molar-refractivity contribution in [3.8, 4) is 0 Å². The molecule has 3 aliphatic carbocycles. The second kappa shape index (κ2) is 11.5.